The molecule has 1 N–H and O–H groups in total. The van der Waals surface area contributed by atoms with E-state index in [4.69, 9.17) is 16.3 Å². The van der Waals surface area contributed by atoms with Crippen LogP contribution < -0.4 is 4.72 Å². The van der Waals surface area contributed by atoms with Crippen molar-refractivity contribution in [2.24, 2.45) is 0 Å². The van der Waals surface area contributed by atoms with Crippen LogP contribution in [0, 0.1) is 6.92 Å². The monoisotopic (exact) mass is 375 g/mol. The number of nitrogens with one attached hydrogen (secondary N) is 1. The summed E-state index contributed by atoms with van der Waals surface area (Å²) in [7, 11) is -3.80. The van der Waals surface area contributed by atoms with E-state index in [1.807, 2.05) is 6.92 Å². The number of ether oxygens (including phenoxy) is 1. The van der Waals surface area contributed by atoms with Gasteiger partial charge in [0.15, 0.2) is 0 Å². The number of aromatic nitrogens is 2. The van der Waals surface area contributed by atoms with Crippen molar-refractivity contribution >= 4 is 39.1 Å². The van der Waals surface area contributed by atoms with Gasteiger partial charge in [0.25, 0.3) is 0 Å². The van der Waals surface area contributed by atoms with Crippen LogP contribution in [0.2, 0.25) is 4.34 Å². The average Bonchev–Trinajstić information content (AvgIpc) is 2.90. The molecule has 0 aliphatic carbocycles. The molecule has 124 valence electrons. The summed E-state index contributed by atoms with van der Waals surface area (Å²) in [6.45, 7) is 3.09. The van der Waals surface area contributed by atoms with Gasteiger partial charge in [0.05, 0.1) is 4.90 Å². The third-order valence-electron chi connectivity index (χ3n) is 2.88. The first-order valence-electron chi connectivity index (χ1n) is 6.52. The zero-order valence-electron chi connectivity index (χ0n) is 12.3. The first-order chi connectivity index (χ1) is 10.8. The molecular formula is C13H14ClN3O4S2. The number of aryl methyl sites for hydroxylation is 1. The topological polar surface area (TPSA) is 98.2 Å². The van der Waals surface area contributed by atoms with E-state index in [0.29, 0.717) is 10.0 Å². The number of hydrogen-bond acceptors (Lipinski definition) is 7. The Morgan fingerprint density at radius 1 is 1.39 bits per heavy atom. The van der Waals surface area contributed by atoms with Crippen LogP contribution in [-0.2, 0) is 26.2 Å². The van der Waals surface area contributed by atoms with E-state index in [9.17, 15) is 13.2 Å². The molecular weight excluding hydrogens is 362 g/mol. The largest absolute Gasteiger partial charge is 0.458 e. The molecule has 0 saturated heterocycles. The predicted octanol–water partition coefficient (Wildman–Crippen LogP) is 1.91. The normalized spacial score (nSPS) is 12.8. The van der Waals surface area contributed by atoms with E-state index < -0.39 is 22.0 Å². The number of carbonyl (C=O) groups excluding carboxylic acids is 1. The number of halogens is 1. The maximum Gasteiger partial charge on any atom is 0.324 e. The highest BCUT2D eigenvalue weighted by atomic mass is 35.5. The average molecular weight is 376 g/mol. The molecule has 23 heavy (non-hydrogen) atoms. The highest BCUT2D eigenvalue weighted by Gasteiger charge is 2.23. The molecule has 10 heteroatoms. The molecule has 0 fully saturated rings. The summed E-state index contributed by atoms with van der Waals surface area (Å²) in [5.74, 6) is -0.732. The van der Waals surface area contributed by atoms with Crippen molar-refractivity contribution in [2.75, 3.05) is 0 Å². The van der Waals surface area contributed by atoms with Gasteiger partial charge in [0.1, 0.15) is 22.7 Å². The van der Waals surface area contributed by atoms with Crippen molar-refractivity contribution in [3.05, 3.63) is 39.9 Å². The summed E-state index contributed by atoms with van der Waals surface area (Å²) in [5, 5.41) is 3.70. The van der Waals surface area contributed by atoms with Gasteiger partial charge in [-0.3, -0.25) is 4.79 Å². The minimum absolute atomic E-state index is 0.0782. The molecule has 0 bridgehead atoms. The smallest absolute Gasteiger partial charge is 0.324 e. The third kappa shape index (κ3) is 4.71. The van der Waals surface area contributed by atoms with E-state index in [0.717, 1.165) is 17.1 Å². The van der Waals surface area contributed by atoms with Gasteiger partial charge < -0.3 is 4.74 Å². The number of esters is 1. The number of benzene rings is 1. The molecule has 0 aliphatic heterocycles. The van der Waals surface area contributed by atoms with Crippen LogP contribution in [0.3, 0.4) is 0 Å². The molecule has 1 atom stereocenters. The van der Waals surface area contributed by atoms with Gasteiger partial charge in [-0.25, -0.2) is 8.42 Å². The molecule has 2 aromatic rings. The lowest BCUT2D eigenvalue weighted by Gasteiger charge is -2.13. The number of carbonyl (C=O) groups is 1. The maximum atomic E-state index is 12.2. The van der Waals surface area contributed by atoms with Crippen LogP contribution >= 0.6 is 23.1 Å². The Balaban J connectivity index is 1.97. The van der Waals surface area contributed by atoms with Crippen molar-refractivity contribution < 1.29 is 17.9 Å². The Bertz CT molecular complexity index is 790. The minimum Gasteiger partial charge on any atom is -0.458 e. The van der Waals surface area contributed by atoms with E-state index in [1.54, 1.807) is 12.1 Å². The van der Waals surface area contributed by atoms with E-state index in [2.05, 4.69) is 14.3 Å². The summed E-state index contributed by atoms with van der Waals surface area (Å²) in [5.41, 5.74) is 1.27. The molecule has 0 unspecified atom stereocenters. The van der Waals surface area contributed by atoms with Crippen LogP contribution in [0.1, 0.15) is 18.2 Å². The van der Waals surface area contributed by atoms with E-state index >= 15 is 0 Å². The Morgan fingerprint density at radius 3 is 2.61 bits per heavy atom. The van der Waals surface area contributed by atoms with Gasteiger partial charge in [0, 0.05) is 11.5 Å². The summed E-state index contributed by atoms with van der Waals surface area (Å²) in [4.78, 5) is 12.0. The first kappa shape index (κ1) is 17.8. The lowest BCUT2D eigenvalue weighted by molar-refractivity contribution is -0.146. The number of sulfonamides is 1. The Kier molecular flexibility index (Phi) is 5.69. The first-order valence-corrected chi connectivity index (χ1v) is 9.15. The standard InChI is InChI=1S/C13H14ClN3O4S2/c1-8-3-5-10(6-4-8)23(19,20)16-9(2)13(18)21-7-11-12(14)22-17-15-11/h3-6,9,16H,7H2,1-2H3/t9-/m0/s1. The fourth-order valence-electron chi connectivity index (χ4n) is 1.61. The Morgan fingerprint density at radius 2 is 2.04 bits per heavy atom. The molecule has 0 radical (unpaired) electrons. The highest BCUT2D eigenvalue weighted by Crippen LogP contribution is 2.18. The van der Waals surface area contributed by atoms with Crippen molar-refractivity contribution in [3.63, 3.8) is 0 Å². The van der Waals surface area contributed by atoms with E-state index in [1.165, 1.54) is 19.1 Å². The molecule has 7 nitrogen and oxygen atoms in total. The van der Waals surface area contributed by atoms with Gasteiger partial charge in [-0.2, -0.15) is 4.72 Å². The second kappa shape index (κ2) is 7.35. The maximum absolute atomic E-state index is 12.2. The minimum atomic E-state index is -3.80. The van der Waals surface area contributed by atoms with Crippen molar-refractivity contribution in [1.29, 1.82) is 0 Å². The molecule has 0 aliphatic rings. The molecule has 0 saturated carbocycles. The van der Waals surface area contributed by atoms with Crippen LogP contribution in [-0.4, -0.2) is 30.0 Å². The fourth-order valence-corrected chi connectivity index (χ4v) is 3.41. The van der Waals surface area contributed by atoms with Crippen LogP contribution in [0.15, 0.2) is 29.2 Å². The van der Waals surface area contributed by atoms with Crippen LogP contribution in [0.25, 0.3) is 0 Å². The second-order valence-corrected chi connectivity index (χ2v) is 7.83. The lowest BCUT2D eigenvalue weighted by atomic mass is 10.2. The Hall–Kier alpha value is -1.55. The van der Waals surface area contributed by atoms with Crippen molar-refractivity contribution in [2.45, 2.75) is 31.4 Å². The van der Waals surface area contributed by atoms with E-state index in [-0.39, 0.29) is 11.5 Å². The third-order valence-corrected chi connectivity index (χ3v) is 5.42. The summed E-state index contributed by atoms with van der Waals surface area (Å²) < 4.78 is 35.6. The molecule has 2 rings (SSSR count). The SMILES string of the molecule is Cc1ccc(S(=O)(=O)N[C@@H](C)C(=O)OCc2nnsc2Cl)cc1. The number of rotatable bonds is 6. The van der Waals surface area contributed by atoms with Gasteiger partial charge in [-0.15, -0.1) is 5.10 Å². The van der Waals surface area contributed by atoms with Crippen LogP contribution in [0.4, 0.5) is 0 Å². The van der Waals surface area contributed by atoms with Gasteiger partial charge >= 0.3 is 5.97 Å². The predicted molar refractivity (Wildman–Crippen MR) is 85.7 cm³/mol. The van der Waals surface area contributed by atoms with Crippen LogP contribution in [0.5, 0.6) is 0 Å². The molecule has 1 aromatic carbocycles. The number of hydrogen-bond donors (Lipinski definition) is 1. The molecule has 1 heterocycles. The van der Waals surface area contributed by atoms with Gasteiger partial charge in [-0.1, -0.05) is 33.8 Å². The summed E-state index contributed by atoms with van der Waals surface area (Å²) in [6, 6.07) is 5.24. The molecule has 0 amide bonds. The Labute approximate surface area is 142 Å². The number of nitrogens with zero attached hydrogens (tertiary/aromatic N) is 2. The van der Waals surface area contributed by atoms with Crippen molar-refractivity contribution in [1.82, 2.24) is 14.3 Å². The lowest BCUT2D eigenvalue weighted by Crippen LogP contribution is -2.39. The van der Waals surface area contributed by atoms with Crippen molar-refractivity contribution in [3.8, 4) is 0 Å². The second-order valence-electron chi connectivity index (χ2n) is 4.76. The fraction of sp³-hybridized carbons (Fsp3) is 0.308. The highest BCUT2D eigenvalue weighted by molar-refractivity contribution is 7.89. The molecule has 1 aromatic heterocycles. The summed E-state index contributed by atoms with van der Waals surface area (Å²) in [6.07, 6.45) is 0. The molecule has 0 spiro atoms. The summed E-state index contributed by atoms with van der Waals surface area (Å²) >= 11 is 6.77. The quantitative estimate of drug-likeness (QED) is 0.774. The van der Waals surface area contributed by atoms with Gasteiger partial charge in [0.2, 0.25) is 10.0 Å². The van der Waals surface area contributed by atoms with Gasteiger partial charge in [-0.05, 0) is 26.0 Å². The zero-order valence-corrected chi connectivity index (χ0v) is 14.7. The zero-order chi connectivity index (χ0) is 17.0.